The quantitative estimate of drug-likeness (QED) is 0.462. The Bertz CT molecular complexity index is 978. The number of hydrogen-bond donors (Lipinski definition) is 1. The molecule has 1 fully saturated rings. The first-order valence-corrected chi connectivity index (χ1v) is 8.88. The van der Waals surface area contributed by atoms with Crippen LogP contribution < -0.4 is 0 Å². The summed E-state index contributed by atoms with van der Waals surface area (Å²) in [4.78, 5) is 36.3. The number of aliphatic carboxylic acids is 1. The first-order valence-electron chi connectivity index (χ1n) is 7.65. The molecular formula is C18H13NO6S2. The Morgan fingerprint density at radius 2 is 2.04 bits per heavy atom. The number of thioether (sulfide) groups is 1. The van der Waals surface area contributed by atoms with Gasteiger partial charge in [-0.1, -0.05) is 42.2 Å². The van der Waals surface area contributed by atoms with Gasteiger partial charge in [0.05, 0.1) is 17.6 Å². The van der Waals surface area contributed by atoms with Crippen molar-refractivity contribution in [1.82, 2.24) is 4.90 Å². The summed E-state index contributed by atoms with van der Waals surface area (Å²) in [5.41, 5.74) is 0.913. The van der Waals surface area contributed by atoms with Gasteiger partial charge in [0.15, 0.2) is 0 Å². The van der Waals surface area contributed by atoms with E-state index in [9.17, 15) is 14.4 Å². The molecule has 1 aliphatic heterocycles. The molecular weight excluding hydrogens is 390 g/mol. The Labute approximate surface area is 163 Å². The van der Waals surface area contributed by atoms with Crippen molar-refractivity contribution in [2.45, 2.75) is 0 Å². The first kappa shape index (κ1) is 18.9. The summed E-state index contributed by atoms with van der Waals surface area (Å²) < 4.78 is 10.7. The van der Waals surface area contributed by atoms with Gasteiger partial charge in [-0.25, -0.2) is 4.79 Å². The molecule has 1 aromatic heterocycles. The third-order valence-electron chi connectivity index (χ3n) is 3.66. The van der Waals surface area contributed by atoms with Crippen LogP contribution in [0.3, 0.4) is 0 Å². The van der Waals surface area contributed by atoms with Gasteiger partial charge in [-0.2, -0.15) is 0 Å². The van der Waals surface area contributed by atoms with E-state index in [2.05, 4.69) is 0 Å². The number of thiocarbonyl (C=S) groups is 1. The number of hydrogen-bond acceptors (Lipinski definition) is 7. The molecule has 27 heavy (non-hydrogen) atoms. The third kappa shape index (κ3) is 3.93. The minimum absolute atomic E-state index is 0.177. The van der Waals surface area contributed by atoms with Crippen LogP contribution in [0.2, 0.25) is 0 Å². The summed E-state index contributed by atoms with van der Waals surface area (Å²) in [6, 6.07) is 10.1. The molecule has 2 heterocycles. The van der Waals surface area contributed by atoms with Gasteiger partial charge >= 0.3 is 11.9 Å². The van der Waals surface area contributed by atoms with Gasteiger partial charge in [0, 0.05) is 11.6 Å². The second-order valence-corrected chi connectivity index (χ2v) is 7.08. The SMILES string of the molecule is COC(=O)c1ccccc1-c1ccc(/C=C2\SC(=S)N(CC(=O)O)C2=O)o1. The van der Waals surface area contributed by atoms with E-state index in [1.165, 1.54) is 13.2 Å². The second kappa shape index (κ2) is 7.77. The number of nitrogens with zero attached hydrogens (tertiary/aromatic N) is 1. The van der Waals surface area contributed by atoms with E-state index < -0.39 is 24.4 Å². The van der Waals surface area contributed by atoms with Gasteiger partial charge < -0.3 is 14.3 Å². The van der Waals surface area contributed by atoms with Gasteiger partial charge in [0.2, 0.25) is 0 Å². The van der Waals surface area contributed by atoms with Crippen molar-refractivity contribution in [1.29, 1.82) is 0 Å². The summed E-state index contributed by atoms with van der Waals surface area (Å²) in [6.45, 7) is -0.488. The highest BCUT2D eigenvalue weighted by molar-refractivity contribution is 8.26. The molecule has 0 bridgehead atoms. The zero-order chi connectivity index (χ0) is 19.6. The van der Waals surface area contributed by atoms with Crippen molar-refractivity contribution in [2.75, 3.05) is 13.7 Å². The standard InChI is InChI=1S/C18H13NO6S2/c1-24-17(23)12-5-3-2-4-11(12)13-7-6-10(25-13)8-14-16(22)19(9-15(20)21)18(26)27-14/h2-8H,9H2,1H3,(H,20,21)/b14-8-. The number of rotatable bonds is 5. The summed E-state index contributed by atoms with van der Waals surface area (Å²) in [6.07, 6.45) is 1.49. The molecule has 2 aromatic rings. The smallest absolute Gasteiger partial charge is 0.338 e. The van der Waals surface area contributed by atoms with Crippen molar-refractivity contribution >= 4 is 52.2 Å². The van der Waals surface area contributed by atoms with Gasteiger partial charge in [-0.3, -0.25) is 14.5 Å². The maximum atomic E-state index is 12.3. The first-order chi connectivity index (χ1) is 12.9. The molecule has 0 radical (unpaired) electrons. The van der Waals surface area contributed by atoms with Crippen LogP contribution in [-0.2, 0) is 14.3 Å². The highest BCUT2D eigenvalue weighted by Gasteiger charge is 2.33. The van der Waals surface area contributed by atoms with Crippen LogP contribution in [0, 0.1) is 0 Å². The van der Waals surface area contributed by atoms with Crippen LogP contribution in [0.5, 0.6) is 0 Å². The average Bonchev–Trinajstić information content (AvgIpc) is 3.21. The number of methoxy groups -OCH3 is 1. The fourth-order valence-electron chi connectivity index (χ4n) is 2.46. The fourth-order valence-corrected chi connectivity index (χ4v) is 3.70. The summed E-state index contributed by atoms with van der Waals surface area (Å²) in [5, 5.41) is 8.87. The molecule has 0 saturated carbocycles. The number of carbonyl (C=O) groups excluding carboxylic acids is 2. The predicted octanol–water partition coefficient (Wildman–Crippen LogP) is 3.02. The largest absolute Gasteiger partial charge is 0.480 e. The monoisotopic (exact) mass is 403 g/mol. The summed E-state index contributed by atoms with van der Waals surface area (Å²) in [5.74, 6) is -1.31. The molecule has 3 rings (SSSR count). The minimum atomic E-state index is -1.15. The molecule has 0 aliphatic carbocycles. The van der Waals surface area contributed by atoms with Crippen LogP contribution in [0.15, 0.2) is 45.7 Å². The van der Waals surface area contributed by atoms with E-state index in [4.69, 9.17) is 26.5 Å². The molecule has 0 spiro atoms. The Balaban J connectivity index is 1.89. The highest BCUT2D eigenvalue weighted by atomic mass is 32.2. The number of ether oxygens (including phenoxy) is 1. The number of amides is 1. The molecule has 138 valence electrons. The third-order valence-corrected chi connectivity index (χ3v) is 5.04. The maximum absolute atomic E-state index is 12.3. The van der Waals surface area contributed by atoms with E-state index in [1.807, 2.05) is 0 Å². The number of carboxylic acids is 1. The summed E-state index contributed by atoms with van der Waals surface area (Å²) >= 11 is 6.06. The van der Waals surface area contributed by atoms with Gasteiger partial charge in [0.1, 0.15) is 22.4 Å². The topological polar surface area (TPSA) is 97.0 Å². The van der Waals surface area contributed by atoms with E-state index in [1.54, 1.807) is 36.4 Å². The normalized spacial score (nSPS) is 15.4. The summed E-state index contributed by atoms with van der Waals surface area (Å²) in [7, 11) is 1.30. The molecule has 1 N–H and O–H groups in total. The molecule has 1 aliphatic rings. The molecule has 1 aromatic carbocycles. The van der Waals surface area contributed by atoms with E-state index in [-0.39, 0.29) is 9.23 Å². The Hall–Kier alpha value is -2.91. The van der Waals surface area contributed by atoms with Crippen molar-refractivity contribution in [3.05, 3.63) is 52.6 Å². The van der Waals surface area contributed by atoms with Gasteiger partial charge in [-0.05, 0) is 18.2 Å². The molecule has 9 heteroatoms. The lowest BCUT2D eigenvalue weighted by Crippen LogP contribution is -2.33. The Kier molecular flexibility index (Phi) is 5.43. The average molecular weight is 403 g/mol. The Morgan fingerprint density at radius 3 is 2.74 bits per heavy atom. The number of esters is 1. The number of carbonyl (C=O) groups is 3. The van der Waals surface area contributed by atoms with E-state index in [0.717, 1.165) is 16.7 Å². The molecule has 0 unspecified atom stereocenters. The zero-order valence-electron chi connectivity index (χ0n) is 14.0. The number of furan rings is 1. The van der Waals surface area contributed by atoms with Crippen molar-refractivity contribution in [3.8, 4) is 11.3 Å². The lowest BCUT2D eigenvalue weighted by molar-refractivity contribution is -0.140. The van der Waals surface area contributed by atoms with Gasteiger partial charge in [-0.15, -0.1) is 0 Å². The fraction of sp³-hybridized carbons (Fsp3) is 0.111. The highest BCUT2D eigenvalue weighted by Crippen LogP contribution is 2.34. The van der Waals surface area contributed by atoms with Crippen LogP contribution in [-0.4, -0.2) is 45.8 Å². The maximum Gasteiger partial charge on any atom is 0.338 e. The van der Waals surface area contributed by atoms with Crippen LogP contribution in [0.4, 0.5) is 0 Å². The lowest BCUT2D eigenvalue weighted by atomic mass is 10.1. The second-order valence-electron chi connectivity index (χ2n) is 5.40. The zero-order valence-corrected chi connectivity index (χ0v) is 15.6. The minimum Gasteiger partial charge on any atom is -0.480 e. The lowest BCUT2D eigenvalue weighted by Gasteiger charge is -2.09. The number of benzene rings is 1. The van der Waals surface area contributed by atoms with E-state index >= 15 is 0 Å². The number of carboxylic acid groups (broad SMARTS) is 1. The molecule has 7 nitrogen and oxygen atoms in total. The molecule has 1 amide bonds. The van der Waals surface area contributed by atoms with Crippen molar-refractivity contribution in [3.63, 3.8) is 0 Å². The van der Waals surface area contributed by atoms with E-state index in [0.29, 0.717) is 22.6 Å². The predicted molar refractivity (Wildman–Crippen MR) is 103 cm³/mol. The van der Waals surface area contributed by atoms with Crippen LogP contribution in [0.25, 0.3) is 17.4 Å². The van der Waals surface area contributed by atoms with Gasteiger partial charge in [0.25, 0.3) is 5.91 Å². The van der Waals surface area contributed by atoms with Crippen LogP contribution >= 0.6 is 24.0 Å². The molecule has 0 atom stereocenters. The van der Waals surface area contributed by atoms with Crippen molar-refractivity contribution in [2.24, 2.45) is 0 Å². The Morgan fingerprint density at radius 1 is 1.30 bits per heavy atom. The van der Waals surface area contributed by atoms with Crippen LogP contribution in [0.1, 0.15) is 16.1 Å². The molecule has 1 saturated heterocycles. The van der Waals surface area contributed by atoms with Crippen molar-refractivity contribution < 1.29 is 28.6 Å².